The van der Waals surface area contributed by atoms with Crippen molar-refractivity contribution >= 4 is 51.2 Å². The molecule has 3 rings (SSSR count). The molecule has 3 aromatic rings. The second kappa shape index (κ2) is 10.6. The maximum absolute atomic E-state index is 12.0. The molecule has 0 aliphatic rings. The highest BCUT2D eigenvalue weighted by Crippen LogP contribution is 2.25. The Morgan fingerprint density at radius 2 is 1.77 bits per heavy atom. The van der Waals surface area contributed by atoms with Crippen LogP contribution in [0.4, 0.5) is 5.69 Å². The van der Waals surface area contributed by atoms with Crippen LogP contribution in [-0.2, 0) is 4.79 Å². The van der Waals surface area contributed by atoms with Gasteiger partial charge in [-0.25, -0.2) is 5.43 Å². The van der Waals surface area contributed by atoms with Crippen molar-refractivity contribution < 1.29 is 14.3 Å². The number of nitrogens with zero attached hydrogens (tertiary/aromatic N) is 1. The van der Waals surface area contributed by atoms with Gasteiger partial charge in [-0.05, 0) is 76.1 Å². The fourth-order valence-electron chi connectivity index (χ4n) is 2.41. The van der Waals surface area contributed by atoms with Crippen LogP contribution in [0.3, 0.4) is 0 Å². The Kier molecular flexibility index (Phi) is 7.59. The largest absolute Gasteiger partial charge is 0.483 e. The summed E-state index contributed by atoms with van der Waals surface area (Å²) in [6, 6.07) is 20.9. The van der Waals surface area contributed by atoms with Crippen LogP contribution in [0.2, 0.25) is 5.02 Å². The number of para-hydroxylation sites is 1. The number of amides is 2. The van der Waals surface area contributed by atoms with Crippen LogP contribution < -0.4 is 15.5 Å². The SMILES string of the molecule is O=C(COc1ccc(/C=N\NC(=O)c2ccc(Cl)cc2)cc1Br)Nc1ccccc1. The van der Waals surface area contributed by atoms with E-state index in [-0.39, 0.29) is 18.4 Å². The van der Waals surface area contributed by atoms with E-state index in [0.29, 0.717) is 26.5 Å². The Balaban J connectivity index is 1.51. The van der Waals surface area contributed by atoms with Crippen molar-refractivity contribution in [2.24, 2.45) is 5.10 Å². The normalized spacial score (nSPS) is 10.6. The van der Waals surface area contributed by atoms with Crippen LogP contribution in [0.5, 0.6) is 5.75 Å². The summed E-state index contributed by atoms with van der Waals surface area (Å²) in [6.45, 7) is -0.127. The standard InChI is InChI=1S/C22H17BrClN3O3/c23-19-12-15(13-25-27-22(29)16-7-9-17(24)10-8-16)6-11-20(19)30-14-21(28)26-18-4-2-1-3-5-18/h1-13H,14H2,(H,26,28)(H,27,29)/b25-13-. The van der Waals surface area contributed by atoms with Crippen LogP contribution in [0.25, 0.3) is 0 Å². The van der Waals surface area contributed by atoms with Gasteiger partial charge in [-0.2, -0.15) is 5.10 Å². The van der Waals surface area contributed by atoms with Gasteiger partial charge in [-0.3, -0.25) is 9.59 Å². The van der Waals surface area contributed by atoms with E-state index in [2.05, 4.69) is 31.8 Å². The molecular weight excluding hydrogens is 470 g/mol. The molecule has 0 saturated carbocycles. The number of anilines is 1. The number of carbonyl (C=O) groups excluding carboxylic acids is 2. The number of ether oxygens (including phenoxy) is 1. The first-order chi connectivity index (χ1) is 14.5. The fourth-order valence-corrected chi connectivity index (χ4v) is 3.04. The topological polar surface area (TPSA) is 79.8 Å². The predicted octanol–water partition coefficient (Wildman–Crippen LogP) is 4.88. The Hall–Kier alpha value is -3.16. The molecule has 30 heavy (non-hydrogen) atoms. The number of hydrogen-bond donors (Lipinski definition) is 2. The lowest BCUT2D eigenvalue weighted by molar-refractivity contribution is -0.118. The van der Waals surface area contributed by atoms with Crippen molar-refractivity contribution in [3.8, 4) is 5.75 Å². The number of rotatable bonds is 7. The molecule has 0 atom stereocenters. The molecule has 0 bridgehead atoms. The Morgan fingerprint density at radius 3 is 2.47 bits per heavy atom. The van der Waals surface area contributed by atoms with E-state index in [4.69, 9.17) is 16.3 Å². The molecule has 0 aromatic heterocycles. The quantitative estimate of drug-likeness (QED) is 0.369. The summed E-state index contributed by atoms with van der Waals surface area (Å²) < 4.78 is 6.21. The predicted molar refractivity (Wildman–Crippen MR) is 121 cm³/mol. The second-order valence-electron chi connectivity index (χ2n) is 6.10. The van der Waals surface area contributed by atoms with Gasteiger partial charge < -0.3 is 10.1 Å². The monoisotopic (exact) mass is 485 g/mol. The third kappa shape index (κ3) is 6.43. The number of hydrogen-bond acceptors (Lipinski definition) is 4. The lowest BCUT2D eigenvalue weighted by atomic mass is 10.2. The number of carbonyl (C=O) groups is 2. The minimum Gasteiger partial charge on any atom is -0.483 e. The molecule has 152 valence electrons. The minimum absolute atomic E-state index is 0.127. The molecule has 0 aliphatic carbocycles. The molecule has 0 unspecified atom stereocenters. The Bertz CT molecular complexity index is 1060. The van der Waals surface area contributed by atoms with Crippen molar-refractivity contribution in [2.45, 2.75) is 0 Å². The van der Waals surface area contributed by atoms with Gasteiger partial charge in [0.2, 0.25) is 0 Å². The summed E-state index contributed by atoms with van der Waals surface area (Å²) >= 11 is 9.22. The van der Waals surface area contributed by atoms with Crippen LogP contribution in [-0.4, -0.2) is 24.6 Å². The van der Waals surface area contributed by atoms with Crippen molar-refractivity contribution in [1.82, 2.24) is 5.43 Å². The van der Waals surface area contributed by atoms with Crippen molar-refractivity contribution in [3.05, 3.63) is 93.4 Å². The zero-order chi connectivity index (χ0) is 21.3. The van der Waals surface area contributed by atoms with E-state index in [9.17, 15) is 9.59 Å². The van der Waals surface area contributed by atoms with E-state index in [1.165, 1.54) is 6.21 Å². The lowest BCUT2D eigenvalue weighted by Crippen LogP contribution is -2.20. The smallest absolute Gasteiger partial charge is 0.271 e. The molecule has 0 radical (unpaired) electrons. The van der Waals surface area contributed by atoms with Crippen LogP contribution >= 0.6 is 27.5 Å². The Labute approximate surface area is 187 Å². The molecule has 3 aromatic carbocycles. The highest BCUT2D eigenvalue weighted by atomic mass is 79.9. The van der Waals surface area contributed by atoms with Crippen LogP contribution in [0, 0.1) is 0 Å². The van der Waals surface area contributed by atoms with Gasteiger partial charge in [-0.1, -0.05) is 29.8 Å². The van der Waals surface area contributed by atoms with E-state index < -0.39 is 0 Å². The van der Waals surface area contributed by atoms with E-state index in [0.717, 1.165) is 5.56 Å². The molecular formula is C22H17BrClN3O3. The van der Waals surface area contributed by atoms with Gasteiger partial charge in [0.05, 0.1) is 10.7 Å². The van der Waals surface area contributed by atoms with E-state index in [1.54, 1.807) is 54.6 Å². The van der Waals surface area contributed by atoms with Gasteiger partial charge in [-0.15, -0.1) is 0 Å². The highest BCUT2D eigenvalue weighted by Gasteiger charge is 2.07. The lowest BCUT2D eigenvalue weighted by Gasteiger charge is -2.09. The average molecular weight is 487 g/mol. The number of nitrogens with one attached hydrogen (secondary N) is 2. The summed E-state index contributed by atoms with van der Waals surface area (Å²) in [7, 11) is 0. The first-order valence-corrected chi connectivity index (χ1v) is 10.0. The summed E-state index contributed by atoms with van der Waals surface area (Å²) in [5.41, 5.74) is 4.35. The second-order valence-corrected chi connectivity index (χ2v) is 7.39. The molecule has 0 saturated heterocycles. The van der Waals surface area contributed by atoms with Gasteiger partial charge in [0.15, 0.2) is 6.61 Å². The summed E-state index contributed by atoms with van der Waals surface area (Å²) in [6.07, 6.45) is 1.50. The molecule has 2 amide bonds. The average Bonchev–Trinajstić information content (AvgIpc) is 2.74. The summed E-state index contributed by atoms with van der Waals surface area (Å²) in [5.74, 6) is -0.0874. The number of halogens is 2. The Morgan fingerprint density at radius 1 is 1.03 bits per heavy atom. The van der Waals surface area contributed by atoms with Gasteiger partial charge >= 0.3 is 0 Å². The van der Waals surface area contributed by atoms with E-state index >= 15 is 0 Å². The summed E-state index contributed by atoms with van der Waals surface area (Å²) in [5, 5.41) is 7.25. The molecule has 6 nitrogen and oxygen atoms in total. The maximum Gasteiger partial charge on any atom is 0.271 e. The molecule has 0 aliphatic heterocycles. The molecule has 0 fully saturated rings. The van der Waals surface area contributed by atoms with E-state index in [1.807, 2.05) is 18.2 Å². The highest BCUT2D eigenvalue weighted by molar-refractivity contribution is 9.10. The zero-order valence-corrected chi connectivity index (χ0v) is 18.0. The minimum atomic E-state index is -0.341. The third-order valence-electron chi connectivity index (χ3n) is 3.86. The zero-order valence-electron chi connectivity index (χ0n) is 15.6. The van der Waals surface area contributed by atoms with Crippen molar-refractivity contribution in [1.29, 1.82) is 0 Å². The van der Waals surface area contributed by atoms with Gasteiger partial charge in [0.1, 0.15) is 5.75 Å². The van der Waals surface area contributed by atoms with Gasteiger partial charge in [0.25, 0.3) is 11.8 Å². The van der Waals surface area contributed by atoms with Crippen LogP contribution in [0.1, 0.15) is 15.9 Å². The molecule has 8 heteroatoms. The van der Waals surface area contributed by atoms with Crippen molar-refractivity contribution in [2.75, 3.05) is 11.9 Å². The summed E-state index contributed by atoms with van der Waals surface area (Å²) in [4.78, 5) is 24.0. The fraction of sp³-hybridized carbons (Fsp3) is 0.0455. The molecule has 0 heterocycles. The van der Waals surface area contributed by atoms with Gasteiger partial charge in [0, 0.05) is 16.3 Å². The first kappa shape index (κ1) is 21.5. The molecule has 2 N–H and O–H groups in total. The number of benzene rings is 3. The third-order valence-corrected chi connectivity index (χ3v) is 4.73. The maximum atomic E-state index is 12.0. The van der Waals surface area contributed by atoms with Crippen molar-refractivity contribution in [3.63, 3.8) is 0 Å². The molecule has 0 spiro atoms. The number of hydrazone groups is 1. The van der Waals surface area contributed by atoms with Crippen LogP contribution in [0.15, 0.2) is 82.4 Å². The first-order valence-electron chi connectivity index (χ1n) is 8.87.